The second-order valence-corrected chi connectivity index (χ2v) is 5.65. The number of alkyl halides is 2. The molecule has 1 radical (unpaired) electrons. The van der Waals surface area contributed by atoms with E-state index in [-0.39, 0.29) is 0 Å². The quantitative estimate of drug-likeness (QED) is 0.542. The summed E-state index contributed by atoms with van der Waals surface area (Å²) in [4.78, 5) is 0. The molecule has 0 nitrogen and oxygen atoms in total. The van der Waals surface area contributed by atoms with E-state index in [1.165, 1.54) is 0 Å². The fourth-order valence-corrected chi connectivity index (χ4v) is 1.28. The van der Waals surface area contributed by atoms with Gasteiger partial charge in [-0.3, -0.25) is 0 Å². The van der Waals surface area contributed by atoms with Crippen molar-refractivity contribution in [2.45, 2.75) is 16.1 Å². The van der Waals surface area contributed by atoms with Crippen LogP contribution in [0.4, 0.5) is 0 Å². The summed E-state index contributed by atoms with van der Waals surface area (Å²) in [5.74, 6) is 0. The topological polar surface area (TPSA) is 0 Å². The Morgan fingerprint density at radius 1 is 1.33 bits per heavy atom. The first-order chi connectivity index (χ1) is 2.71. The highest BCUT2D eigenvalue weighted by atomic mass is 79.9. The van der Waals surface area contributed by atoms with Crippen molar-refractivity contribution < 1.29 is 0 Å². The second kappa shape index (κ2) is 1.48. The van der Waals surface area contributed by atoms with Gasteiger partial charge in [0.25, 0.3) is 0 Å². The van der Waals surface area contributed by atoms with Crippen molar-refractivity contribution in [3.05, 3.63) is 6.42 Å². The molecule has 0 amide bonds. The molecule has 0 aromatic carbocycles. The van der Waals surface area contributed by atoms with Gasteiger partial charge in [0.15, 0.2) is 0 Å². The lowest BCUT2D eigenvalue weighted by atomic mass is 10.0. The molecular weight excluding hydrogens is 208 g/mol. The van der Waals surface area contributed by atoms with Gasteiger partial charge in [-0.15, -0.1) is 0 Å². The Morgan fingerprint density at radius 2 is 1.67 bits per heavy atom. The number of rotatable bonds is 0. The molecule has 1 aliphatic carbocycles. The molecule has 2 heteroatoms. The van der Waals surface area contributed by atoms with E-state index >= 15 is 0 Å². The van der Waals surface area contributed by atoms with E-state index in [4.69, 9.17) is 0 Å². The van der Waals surface area contributed by atoms with Gasteiger partial charge in [0.1, 0.15) is 0 Å². The van der Waals surface area contributed by atoms with Crippen molar-refractivity contribution in [3.63, 3.8) is 0 Å². The van der Waals surface area contributed by atoms with Crippen LogP contribution >= 0.6 is 31.9 Å². The molecule has 0 unspecified atom stereocenters. The monoisotopic (exact) mass is 211 g/mol. The fourth-order valence-electron chi connectivity index (χ4n) is 0.363. The van der Waals surface area contributed by atoms with Crippen molar-refractivity contribution in [2.24, 2.45) is 0 Å². The van der Waals surface area contributed by atoms with Crippen LogP contribution in [0.2, 0.25) is 0 Å². The zero-order chi connectivity index (χ0) is 4.62. The average molecular weight is 213 g/mol. The first kappa shape index (κ1) is 5.10. The average Bonchev–Trinajstić information content (AvgIpc) is 1.32. The molecule has 6 heavy (non-hydrogen) atoms. The predicted molar refractivity (Wildman–Crippen MR) is 34.1 cm³/mol. The van der Waals surface area contributed by atoms with Crippen molar-refractivity contribution in [2.75, 3.05) is 0 Å². The maximum atomic E-state index is 3.45. The van der Waals surface area contributed by atoms with E-state index in [2.05, 4.69) is 38.3 Å². The van der Waals surface area contributed by atoms with Crippen LogP contribution in [0.1, 0.15) is 12.8 Å². The van der Waals surface area contributed by atoms with Gasteiger partial charge in [-0.05, 0) is 19.3 Å². The maximum Gasteiger partial charge on any atom is 0.0811 e. The van der Waals surface area contributed by atoms with Gasteiger partial charge >= 0.3 is 0 Å². The molecule has 1 fully saturated rings. The van der Waals surface area contributed by atoms with Crippen LogP contribution in [0, 0.1) is 6.42 Å². The minimum atomic E-state index is 0.292. The van der Waals surface area contributed by atoms with Gasteiger partial charge < -0.3 is 0 Å². The summed E-state index contributed by atoms with van der Waals surface area (Å²) < 4.78 is 0.292. The highest BCUT2D eigenvalue weighted by Crippen LogP contribution is 2.44. The molecule has 0 aromatic heterocycles. The Labute approximate surface area is 54.6 Å². The lowest BCUT2D eigenvalue weighted by molar-refractivity contribution is 0.648. The van der Waals surface area contributed by atoms with Crippen molar-refractivity contribution >= 4 is 31.9 Å². The van der Waals surface area contributed by atoms with Gasteiger partial charge in [-0.25, -0.2) is 0 Å². The molecule has 35 valence electrons. The fraction of sp³-hybridized carbons (Fsp3) is 0.750. The van der Waals surface area contributed by atoms with E-state index < -0.39 is 0 Å². The first-order valence-electron chi connectivity index (χ1n) is 1.90. The van der Waals surface area contributed by atoms with Crippen LogP contribution in [0.25, 0.3) is 0 Å². The molecule has 0 saturated heterocycles. The second-order valence-electron chi connectivity index (χ2n) is 1.55. The van der Waals surface area contributed by atoms with Crippen molar-refractivity contribution in [1.29, 1.82) is 0 Å². The molecule has 0 aromatic rings. The molecule has 1 rings (SSSR count). The van der Waals surface area contributed by atoms with E-state index in [1.807, 2.05) is 0 Å². The Bertz CT molecular complexity index is 52.6. The van der Waals surface area contributed by atoms with E-state index in [1.54, 1.807) is 0 Å². The summed E-state index contributed by atoms with van der Waals surface area (Å²) in [5.41, 5.74) is 0. The zero-order valence-corrected chi connectivity index (χ0v) is 6.42. The van der Waals surface area contributed by atoms with Crippen molar-refractivity contribution in [3.8, 4) is 0 Å². The highest BCUT2D eigenvalue weighted by molar-refractivity contribution is 9.25. The van der Waals surface area contributed by atoms with E-state index in [0.717, 1.165) is 12.8 Å². The van der Waals surface area contributed by atoms with Gasteiger partial charge in [0.05, 0.1) is 3.23 Å². The minimum Gasteiger partial charge on any atom is -0.0727 e. The third-order valence-electron chi connectivity index (χ3n) is 0.886. The maximum absolute atomic E-state index is 3.45. The molecule has 0 aliphatic heterocycles. The van der Waals surface area contributed by atoms with E-state index in [9.17, 15) is 0 Å². The summed E-state index contributed by atoms with van der Waals surface area (Å²) in [6.07, 6.45) is 4.56. The van der Waals surface area contributed by atoms with Gasteiger partial charge in [-0.2, -0.15) is 0 Å². The smallest absolute Gasteiger partial charge is 0.0727 e. The Morgan fingerprint density at radius 3 is 1.67 bits per heavy atom. The molecule has 0 atom stereocenters. The van der Waals surface area contributed by atoms with E-state index in [0.29, 0.717) is 3.23 Å². The normalized spacial score (nSPS) is 29.0. The highest BCUT2D eigenvalue weighted by Gasteiger charge is 2.30. The lowest BCUT2D eigenvalue weighted by Gasteiger charge is -2.28. The first-order valence-corrected chi connectivity index (χ1v) is 3.49. The third kappa shape index (κ3) is 0.969. The largest absolute Gasteiger partial charge is 0.0811 e. The Kier molecular flexibility index (Phi) is 1.26. The molecule has 1 aliphatic rings. The molecular formula is C4H5Br2. The van der Waals surface area contributed by atoms with Crippen LogP contribution in [-0.4, -0.2) is 3.23 Å². The summed E-state index contributed by atoms with van der Waals surface area (Å²) in [6, 6.07) is 0. The minimum absolute atomic E-state index is 0.292. The zero-order valence-electron chi connectivity index (χ0n) is 3.25. The van der Waals surface area contributed by atoms with Crippen LogP contribution in [0.3, 0.4) is 0 Å². The Balaban J connectivity index is 2.31. The molecule has 0 heterocycles. The van der Waals surface area contributed by atoms with Crippen LogP contribution < -0.4 is 0 Å². The van der Waals surface area contributed by atoms with Gasteiger partial charge in [0.2, 0.25) is 0 Å². The van der Waals surface area contributed by atoms with Crippen LogP contribution in [0.15, 0.2) is 0 Å². The molecule has 0 bridgehead atoms. The van der Waals surface area contributed by atoms with Crippen LogP contribution in [0.5, 0.6) is 0 Å². The number of hydrogen-bond acceptors (Lipinski definition) is 0. The summed E-state index contributed by atoms with van der Waals surface area (Å²) in [5, 5.41) is 0. The van der Waals surface area contributed by atoms with Gasteiger partial charge in [-0.1, -0.05) is 31.9 Å². The molecule has 0 N–H and O–H groups in total. The summed E-state index contributed by atoms with van der Waals surface area (Å²) in [6.45, 7) is 0. The SMILES string of the molecule is BrC1(Br)C[CH]C1. The van der Waals surface area contributed by atoms with Crippen LogP contribution in [-0.2, 0) is 0 Å². The molecule has 0 spiro atoms. The standard InChI is InChI=1S/C4H5Br2/c5-4(6)2-1-3-4/h1H,2-3H2. The lowest BCUT2D eigenvalue weighted by Crippen LogP contribution is -2.21. The summed E-state index contributed by atoms with van der Waals surface area (Å²) >= 11 is 6.90. The third-order valence-corrected chi connectivity index (χ3v) is 2.18. The molecule has 1 saturated carbocycles. The number of hydrogen-bond donors (Lipinski definition) is 0. The Hall–Kier alpha value is 0.960. The number of halogens is 2. The van der Waals surface area contributed by atoms with Crippen molar-refractivity contribution in [1.82, 2.24) is 0 Å². The summed E-state index contributed by atoms with van der Waals surface area (Å²) in [7, 11) is 0. The van der Waals surface area contributed by atoms with Gasteiger partial charge in [0, 0.05) is 0 Å². The predicted octanol–water partition coefficient (Wildman–Crippen LogP) is 2.47.